The molecule has 3 heteroatoms. The molecule has 1 rings (SSSR count). The van der Waals surface area contributed by atoms with E-state index in [2.05, 4.69) is 44.5 Å². The SMILES string of the molecule is CONC(C)COc1cc(C)ccc1C(C)C. The predicted molar refractivity (Wildman–Crippen MR) is 70.4 cm³/mol. The lowest BCUT2D eigenvalue weighted by atomic mass is 10.0. The summed E-state index contributed by atoms with van der Waals surface area (Å²) in [4.78, 5) is 4.86. The summed E-state index contributed by atoms with van der Waals surface area (Å²) >= 11 is 0. The van der Waals surface area contributed by atoms with Crippen molar-refractivity contribution in [3.63, 3.8) is 0 Å². The molecule has 0 bridgehead atoms. The highest BCUT2D eigenvalue weighted by molar-refractivity contribution is 5.39. The lowest BCUT2D eigenvalue weighted by Crippen LogP contribution is -2.30. The molecule has 1 aromatic carbocycles. The van der Waals surface area contributed by atoms with Gasteiger partial charge in [-0.2, -0.15) is 5.48 Å². The molecular weight excluding hydrogens is 214 g/mol. The van der Waals surface area contributed by atoms with Crippen LogP contribution >= 0.6 is 0 Å². The number of hydrogen-bond donors (Lipinski definition) is 1. The standard InChI is InChI=1S/C14H23NO2/c1-10(2)13-7-6-11(3)8-14(13)17-9-12(4)15-16-5/h6-8,10,12,15H,9H2,1-5H3. The molecule has 17 heavy (non-hydrogen) atoms. The van der Waals surface area contributed by atoms with Crippen LogP contribution in [0.5, 0.6) is 5.75 Å². The maximum atomic E-state index is 5.85. The number of ether oxygens (including phenoxy) is 1. The van der Waals surface area contributed by atoms with Crippen LogP contribution in [0, 0.1) is 6.92 Å². The van der Waals surface area contributed by atoms with E-state index in [4.69, 9.17) is 9.57 Å². The van der Waals surface area contributed by atoms with Gasteiger partial charge in [-0.3, -0.25) is 0 Å². The molecule has 96 valence electrons. The van der Waals surface area contributed by atoms with Crippen LogP contribution in [0.15, 0.2) is 18.2 Å². The van der Waals surface area contributed by atoms with E-state index in [1.807, 2.05) is 6.92 Å². The van der Waals surface area contributed by atoms with Gasteiger partial charge in [0.1, 0.15) is 12.4 Å². The van der Waals surface area contributed by atoms with Crippen LogP contribution in [0.4, 0.5) is 0 Å². The van der Waals surface area contributed by atoms with E-state index < -0.39 is 0 Å². The van der Waals surface area contributed by atoms with Gasteiger partial charge in [0, 0.05) is 0 Å². The van der Waals surface area contributed by atoms with Crippen molar-refractivity contribution >= 4 is 0 Å². The zero-order chi connectivity index (χ0) is 12.8. The van der Waals surface area contributed by atoms with Gasteiger partial charge in [0.2, 0.25) is 0 Å². The van der Waals surface area contributed by atoms with E-state index in [0.29, 0.717) is 12.5 Å². The molecule has 0 spiro atoms. The van der Waals surface area contributed by atoms with Gasteiger partial charge >= 0.3 is 0 Å². The van der Waals surface area contributed by atoms with Gasteiger partial charge in [-0.25, -0.2) is 0 Å². The van der Waals surface area contributed by atoms with E-state index in [0.717, 1.165) is 5.75 Å². The summed E-state index contributed by atoms with van der Waals surface area (Å²) in [7, 11) is 1.61. The minimum absolute atomic E-state index is 0.167. The Hall–Kier alpha value is -1.06. The second-order valence-corrected chi connectivity index (χ2v) is 4.73. The quantitative estimate of drug-likeness (QED) is 0.771. The topological polar surface area (TPSA) is 30.5 Å². The van der Waals surface area contributed by atoms with E-state index in [-0.39, 0.29) is 6.04 Å². The average Bonchev–Trinajstić information content (AvgIpc) is 2.26. The van der Waals surface area contributed by atoms with E-state index in [1.54, 1.807) is 7.11 Å². The van der Waals surface area contributed by atoms with Crippen LogP contribution < -0.4 is 10.2 Å². The predicted octanol–water partition coefficient (Wildman–Crippen LogP) is 3.04. The first-order chi connectivity index (χ1) is 8.04. The molecule has 1 atom stereocenters. The lowest BCUT2D eigenvalue weighted by Gasteiger charge is -2.17. The molecule has 1 aromatic rings. The molecule has 1 N–H and O–H groups in total. The van der Waals surface area contributed by atoms with Gasteiger partial charge < -0.3 is 9.57 Å². The van der Waals surface area contributed by atoms with Gasteiger partial charge in [0.15, 0.2) is 0 Å². The van der Waals surface area contributed by atoms with Crippen LogP contribution in [0.2, 0.25) is 0 Å². The first-order valence-electron chi connectivity index (χ1n) is 6.06. The van der Waals surface area contributed by atoms with Gasteiger partial charge in [-0.05, 0) is 37.0 Å². The fourth-order valence-electron chi connectivity index (χ4n) is 1.69. The van der Waals surface area contributed by atoms with Crippen molar-refractivity contribution in [2.45, 2.75) is 39.7 Å². The summed E-state index contributed by atoms with van der Waals surface area (Å²) in [5.41, 5.74) is 5.32. The van der Waals surface area contributed by atoms with Crippen LogP contribution in [-0.2, 0) is 4.84 Å². The Morgan fingerprint density at radius 3 is 2.53 bits per heavy atom. The van der Waals surface area contributed by atoms with Crippen molar-refractivity contribution in [1.82, 2.24) is 5.48 Å². The zero-order valence-corrected chi connectivity index (χ0v) is 11.4. The van der Waals surface area contributed by atoms with Crippen LogP contribution in [0.25, 0.3) is 0 Å². The summed E-state index contributed by atoms with van der Waals surface area (Å²) in [6.45, 7) is 9.04. The highest BCUT2D eigenvalue weighted by Gasteiger charge is 2.09. The molecule has 0 radical (unpaired) electrons. The smallest absolute Gasteiger partial charge is 0.123 e. The molecule has 0 saturated carbocycles. The van der Waals surface area contributed by atoms with Crippen molar-refractivity contribution in [1.29, 1.82) is 0 Å². The van der Waals surface area contributed by atoms with Gasteiger partial charge in [-0.15, -0.1) is 0 Å². The second-order valence-electron chi connectivity index (χ2n) is 4.73. The maximum Gasteiger partial charge on any atom is 0.123 e. The van der Waals surface area contributed by atoms with Gasteiger partial charge in [0.05, 0.1) is 13.2 Å². The highest BCUT2D eigenvalue weighted by Crippen LogP contribution is 2.27. The summed E-state index contributed by atoms with van der Waals surface area (Å²) in [6.07, 6.45) is 0. The molecule has 0 aromatic heterocycles. The largest absolute Gasteiger partial charge is 0.492 e. The first kappa shape index (κ1) is 14.0. The van der Waals surface area contributed by atoms with E-state index >= 15 is 0 Å². The average molecular weight is 237 g/mol. The Bertz CT molecular complexity index is 350. The number of hydrogen-bond acceptors (Lipinski definition) is 3. The minimum atomic E-state index is 0.167. The van der Waals surface area contributed by atoms with Crippen molar-refractivity contribution in [2.75, 3.05) is 13.7 Å². The molecule has 0 aliphatic carbocycles. The minimum Gasteiger partial charge on any atom is -0.492 e. The number of nitrogens with one attached hydrogen (secondary N) is 1. The number of aryl methyl sites for hydroxylation is 1. The Balaban J connectivity index is 2.71. The van der Waals surface area contributed by atoms with Gasteiger partial charge in [-0.1, -0.05) is 26.0 Å². The summed E-state index contributed by atoms with van der Waals surface area (Å²) in [5.74, 6) is 1.45. The van der Waals surface area contributed by atoms with Gasteiger partial charge in [0.25, 0.3) is 0 Å². The molecule has 0 amide bonds. The van der Waals surface area contributed by atoms with Crippen molar-refractivity contribution in [3.05, 3.63) is 29.3 Å². The normalized spacial score (nSPS) is 12.8. The third-order valence-electron chi connectivity index (χ3n) is 2.60. The number of hydroxylamine groups is 1. The molecule has 1 unspecified atom stereocenters. The fourth-order valence-corrected chi connectivity index (χ4v) is 1.69. The number of benzene rings is 1. The Morgan fingerprint density at radius 2 is 1.94 bits per heavy atom. The molecule has 3 nitrogen and oxygen atoms in total. The first-order valence-corrected chi connectivity index (χ1v) is 6.06. The van der Waals surface area contributed by atoms with E-state index in [1.165, 1.54) is 11.1 Å². The molecule has 0 saturated heterocycles. The third kappa shape index (κ3) is 4.36. The summed E-state index contributed by atoms with van der Waals surface area (Å²) in [6, 6.07) is 6.53. The molecule has 0 aliphatic rings. The van der Waals surface area contributed by atoms with Crippen LogP contribution in [-0.4, -0.2) is 19.8 Å². The molecular formula is C14H23NO2. The molecule has 0 fully saturated rings. The van der Waals surface area contributed by atoms with Crippen molar-refractivity contribution in [3.8, 4) is 5.75 Å². The maximum absolute atomic E-state index is 5.85. The summed E-state index contributed by atoms with van der Waals surface area (Å²) in [5, 5.41) is 0. The molecule has 0 heterocycles. The third-order valence-corrected chi connectivity index (χ3v) is 2.60. The Morgan fingerprint density at radius 1 is 1.24 bits per heavy atom. The lowest BCUT2D eigenvalue weighted by molar-refractivity contribution is 0.0500. The summed E-state index contributed by atoms with van der Waals surface area (Å²) < 4.78 is 5.85. The Labute approximate surface area is 104 Å². The second kappa shape index (κ2) is 6.62. The van der Waals surface area contributed by atoms with Crippen LogP contribution in [0.3, 0.4) is 0 Å². The van der Waals surface area contributed by atoms with Crippen LogP contribution in [0.1, 0.15) is 37.8 Å². The van der Waals surface area contributed by atoms with Crippen molar-refractivity contribution < 1.29 is 9.57 Å². The number of rotatable bonds is 6. The monoisotopic (exact) mass is 237 g/mol. The highest BCUT2D eigenvalue weighted by atomic mass is 16.6. The van der Waals surface area contributed by atoms with Crippen molar-refractivity contribution in [2.24, 2.45) is 0 Å². The van der Waals surface area contributed by atoms with E-state index in [9.17, 15) is 0 Å². The fraction of sp³-hybridized carbons (Fsp3) is 0.571. The molecule has 0 aliphatic heterocycles. The Kier molecular flexibility index (Phi) is 5.45. The zero-order valence-electron chi connectivity index (χ0n) is 11.4.